The molecule has 0 unspecified atom stereocenters. The maximum atomic E-state index is 14.3. The molecule has 6 nitrogen and oxygen atoms in total. The molecule has 0 saturated carbocycles. The standard InChI is InChI=1S/C25H31FN2O4/c1-3-5-6-7-8-9-10-11-24(29)32-21-16-17-23(22(26)18-21)28-27-20-14-12-19(13-15-20)25(30)31-4-2/h12-18H,3-11H2,1-2H3. The Labute approximate surface area is 188 Å². The Kier molecular flexibility index (Phi) is 11.1. The van der Waals surface area contributed by atoms with Gasteiger partial charge in [0.2, 0.25) is 0 Å². The number of hydrogen-bond acceptors (Lipinski definition) is 6. The SMILES string of the molecule is CCCCCCCCCC(=O)Oc1ccc(N=Nc2ccc(C(=O)OCC)cc2)c(F)c1. The highest BCUT2D eigenvalue weighted by Crippen LogP contribution is 2.26. The zero-order valence-corrected chi connectivity index (χ0v) is 18.8. The molecule has 0 N–H and O–H groups in total. The highest BCUT2D eigenvalue weighted by atomic mass is 19.1. The largest absolute Gasteiger partial charge is 0.462 e. The van der Waals surface area contributed by atoms with Crippen LogP contribution in [0.15, 0.2) is 52.7 Å². The summed E-state index contributed by atoms with van der Waals surface area (Å²) < 4.78 is 24.4. The minimum absolute atomic E-state index is 0.0198. The van der Waals surface area contributed by atoms with Crippen LogP contribution in [0, 0.1) is 5.82 Å². The van der Waals surface area contributed by atoms with Crippen molar-refractivity contribution in [1.82, 2.24) is 0 Å². The summed E-state index contributed by atoms with van der Waals surface area (Å²) in [4.78, 5) is 23.6. The van der Waals surface area contributed by atoms with E-state index in [0.717, 1.165) is 25.3 Å². The fourth-order valence-corrected chi connectivity index (χ4v) is 3.03. The van der Waals surface area contributed by atoms with E-state index in [1.807, 2.05) is 0 Å². The van der Waals surface area contributed by atoms with Crippen molar-refractivity contribution in [2.75, 3.05) is 6.61 Å². The van der Waals surface area contributed by atoms with Gasteiger partial charge in [-0.25, -0.2) is 9.18 Å². The van der Waals surface area contributed by atoms with E-state index in [1.54, 1.807) is 31.2 Å². The average Bonchev–Trinajstić information content (AvgIpc) is 2.78. The molecule has 0 heterocycles. The lowest BCUT2D eigenvalue weighted by atomic mass is 10.1. The van der Waals surface area contributed by atoms with Crippen LogP contribution in [0.5, 0.6) is 5.75 Å². The molecule has 0 aliphatic heterocycles. The number of halogens is 1. The van der Waals surface area contributed by atoms with Crippen LogP contribution in [0.25, 0.3) is 0 Å². The molecule has 0 aromatic heterocycles. The van der Waals surface area contributed by atoms with E-state index < -0.39 is 11.8 Å². The lowest BCUT2D eigenvalue weighted by Gasteiger charge is -2.05. The van der Waals surface area contributed by atoms with Crippen LogP contribution in [0.3, 0.4) is 0 Å². The van der Waals surface area contributed by atoms with Crippen LogP contribution in [0.1, 0.15) is 75.6 Å². The number of ether oxygens (including phenoxy) is 2. The maximum Gasteiger partial charge on any atom is 0.338 e. The highest BCUT2D eigenvalue weighted by molar-refractivity contribution is 5.89. The number of unbranched alkanes of at least 4 members (excludes halogenated alkanes) is 6. The first kappa shape index (κ1) is 25.2. The second-order valence-electron chi connectivity index (χ2n) is 7.43. The van der Waals surface area contributed by atoms with E-state index in [0.29, 0.717) is 24.3 Å². The predicted octanol–water partition coefficient (Wildman–Crippen LogP) is 7.46. The molecule has 0 spiro atoms. The van der Waals surface area contributed by atoms with Crippen molar-refractivity contribution in [1.29, 1.82) is 0 Å². The number of hydrogen-bond donors (Lipinski definition) is 0. The number of nitrogens with zero attached hydrogens (tertiary/aromatic N) is 2. The molecule has 2 aromatic carbocycles. The van der Waals surface area contributed by atoms with E-state index in [-0.39, 0.29) is 17.4 Å². The van der Waals surface area contributed by atoms with Gasteiger partial charge in [0, 0.05) is 12.5 Å². The quantitative estimate of drug-likeness (QED) is 0.140. The molecule has 0 atom stereocenters. The normalized spacial score (nSPS) is 11.0. The summed E-state index contributed by atoms with van der Waals surface area (Å²) >= 11 is 0. The fraction of sp³-hybridized carbons (Fsp3) is 0.440. The molecule has 172 valence electrons. The molecule has 0 saturated heterocycles. The zero-order valence-electron chi connectivity index (χ0n) is 18.8. The molecule has 7 heteroatoms. The molecule has 0 fully saturated rings. The molecule has 0 amide bonds. The molecule has 0 bridgehead atoms. The van der Waals surface area contributed by atoms with Crippen molar-refractivity contribution in [3.63, 3.8) is 0 Å². The lowest BCUT2D eigenvalue weighted by molar-refractivity contribution is -0.134. The average molecular weight is 443 g/mol. The first-order chi connectivity index (χ1) is 15.5. The number of esters is 2. The second kappa shape index (κ2) is 14.1. The zero-order chi connectivity index (χ0) is 23.2. The fourth-order valence-electron chi connectivity index (χ4n) is 3.03. The monoisotopic (exact) mass is 442 g/mol. The molecule has 2 rings (SSSR count). The summed E-state index contributed by atoms with van der Waals surface area (Å²) in [7, 11) is 0. The van der Waals surface area contributed by atoms with Gasteiger partial charge in [0.05, 0.1) is 17.9 Å². The third-order valence-electron chi connectivity index (χ3n) is 4.79. The number of benzene rings is 2. The highest BCUT2D eigenvalue weighted by Gasteiger charge is 2.09. The first-order valence-electron chi connectivity index (χ1n) is 11.2. The summed E-state index contributed by atoms with van der Waals surface area (Å²) in [6.45, 7) is 4.21. The predicted molar refractivity (Wildman–Crippen MR) is 121 cm³/mol. The van der Waals surface area contributed by atoms with Gasteiger partial charge < -0.3 is 9.47 Å². The van der Waals surface area contributed by atoms with Gasteiger partial charge in [0.1, 0.15) is 11.4 Å². The smallest absolute Gasteiger partial charge is 0.338 e. The van der Waals surface area contributed by atoms with Crippen molar-refractivity contribution >= 4 is 23.3 Å². The van der Waals surface area contributed by atoms with Crippen molar-refractivity contribution in [3.8, 4) is 5.75 Å². The van der Waals surface area contributed by atoms with Crippen molar-refractivity contribution in [3.05, 3.63) is 53.8 Å². The Morgan fingerprint density at radius 3 is 2.22 bits per heavy atom. The molecule has 32 heavy (non-hydrogen) atoms. The molecular formula is C25H31FN2O4. The van der Waals surface area contributed by atoms with Crippen LogP contribution < -0.4 is 4.74 Å². The Morgan fingerprint density at radius 1 is 0.875 bits per heavy atom. The number of carbonyl (C=O) groups excluding carboxylic acids is 2. The summed E-state index contributed by atoms with van der Waals surface area (Å²) in [5.41, 5.74) is 0.883. The summed E-state index contributed by atoms with van der Waals surface area (Å²) in [6.07, 6.45) is 8.11. The Balaban J connectivity index is 1.82. The summed E-state index contributed by atoms with van der Waals surface area (Å²) in [6, 6.07) is 10.3. The van der Waals surface area contributed by atoms with Gasteiger partial charge in [0.15, 0.2) is 5.82 Å². The van der Waals surface area contributed by atoms with Crippen LogP contribution >= 0.6 is 0 Å². The van der Waals surface area contributed by atoms with Gasteiger partial charge >= 0.3 is 11.9 Å². The third kappa shape index (κ3) is 8.96. The van der Waals surface area contributed by atoms with Gasteiger partial charge in [-0.2, -0.15) is 5.11 Å². The topological polar surface area (TPSA) is 77.3 Å². The minimum atomic E-state index is -0.641. The molecular weight excluding hydrogens is 411 g/mol. The van der Waals surface area contributed by atoms with E-state index in [1.165, 1.54) is 37.8 Å². The van der Waals surface area contributed by atoms with E-state index in [4.69, 9.17) is 9.47 Å². The van der Waals surface area contributed by atoms with Crippen LogP contribution in [-0.2, 0) is 9.53 Å². The molecule has 0 radical (unpaired) electrons. The van der Waals surface area contributed by atoms with Crippen molar-refractivity contribution in [2.24, 2.45) is 10.2 Å². The summed E-state index contributed by atoms with van der Waals surface area (Å²) in [5.74, 6) is -1.28. The maximum absolute atomic E-state index is 14.3. The van der Waals surface area contributed by atoms with Gasteiger partial charge in [-0.3, -0.25) is 4.79 Å². The van der Waals surface area contributed by atoms with Crippen LogP contribution in [-0.4, -0.2) is 18.5 Å². The Morgan fingerprint density at radius 2 is 1.56 bits per heavy atom. The Hall–Kier alpha value is -3.09. The summed E-state index contributed by atoms with van der Waals surface area (Å²) in [5, 5.41) is 7.87. The van der Waals surface area contributed by atoms with E-state index in [2.05, 4.69) is 17.2 Å². The van der Waals surface area contributed by atoms with Crippen molar-refractivity contribution in [2.45, 2.75) is 65.2 Å². The van der Waals surface area contributed by atoms with Gasteiger partial charge in [-0.05, 0) is 49.7 Å². The number of azo groups is 1. The number of rotatable bonds is 13. The number of carbonyl (C=O) groups is 2. The Bertz CT molecular complexity index is 897. The second-order valence-corrected chi connectivity index (χ2v) is 7.43. The van der Waals surface area contributed by atoms with Crippen LogP contribution in [0.4, 0.5) is 15.8 Å². The minimum Gasteiger partial charge on any atom is -0.462 e. The van der Waals surface area contributed by atoms with Gasteiger partial charge in [0.25, 0.3) is 0 Å². The third-order valence-corrected chi connectivity index (χ3v) is 4.79. The first-order valence-corrected chi connectivity index (χ1v) is 11.2. The van der Waals surface area contributed by atoms with E-state index >= 15 is 0 Å². The lowest BCUT2D eigenvalue weighted by Crippen LogP contribution is -2.07. The molecule has 0 aliphatic carbocycles. The van der Waals surface area contributed by atoms with Gasteiger partial charge in [-0.15, -0.1) is 5.11 Å². The molecule has 0 aliphatic rings. The van der Waals surface area contributed by atoms with E-state index in [9.17, 15) is 14.0 Å². The van der Waals surface area contributed by atoms with Crippen molar-refractivity contribution < 1.29 is 23.5 Å². The van der Waals surface area contributed by atoms with Gasteiger partial charge in [-0.1, -0.05) is 45.4 Å². The molecule has 2 aromatic rings. The van der Waals surface area contributed by atoms with Crippen LogP contribution in [0.2, 0.25) is 0 Å².